The van der Waals surface area contributed by atoms with Crippen LogP contribution in [0.3, 0.4) is 0 Å². The van der Waals surface area contributed by atoms with Crippen molar-refractivity contribution in [2.45, 2.75) is 26.2 Å². The number of hydrogen-bond donors (Lipinski definition) is 3. The van der Waals surface area contributed by atoms with Crippen LogP contribution in [0, 0.1) is 5.41 Å². The number of aromatic amines is 1. The van der Waals surface area contributed by atoms with Crippen molar-refractivity contribution >= 4 is 16.9 Å². The highest BCUT2D eigenvalue weighted by Crippen LogP contribution is 2.22. The summed E-state index contributed by atoms with van der Waals surface area (Å²) in [7, 11) is 0. The number of hydrogen-bond acceptors (Lipinski definition) is 2. The second kappa shape index (κ2) is 7.69. The van der Waals surface area contributed by atoms with Crippen molar-refractivity contribution in [3.63, 3.8) is 0 Å². The smallest absolute Gasteiger partial charge is 0.138 e. The molecule has 4 rings (SSSR count). The molecular weight excluding hydrogens is 344 g/mol. The molecule has 0 unspecified atom stereocenters. The zero-order chi connectivity index (χ0) is 19.5. The van der Waals surface area contributed by atoms with Crippen molar-refractivity contribution in [1.82, 2.24) is 9.97 Å². The molecule has 0 saturated heterocycles. The molecule has 3 aromatic carbocycles. The fraction of sp³-hybridized carbons (Fsp3) is 0.167. The first-order valence-corrected chi connectivity index (χ1v) is 9.63. The van der Waals surface area contributed by atoms with E-state index in [0.717, 1.165) is 41.7 Å². The van der Waals surface area contributed by atoms with Crippen molar-refractivity contribution in [1.29, 1.82) is 5.41 Å². The van der Waals surface area contributed by atoms with Crippen LogP contribution in [0.2, 0.25) is 0 Å². The van der Waals surface area contributed by atoms with Gasteiger partial charge in [0.05, 0.1) is 11.0 Å². The summed E-state index contributed by atoms with van der Waals surface area (Å²) in [5, 5.41) is 7.57. The highest BCUT2D eigenvalue weighted by Gasteiger charge is 2.07. The average Bonchev–Trinajstić information content (AvgIpc) is 3.16. The lowest BCUT2D eigenvalue weighted by Gasteiger charge is -2.05. The topological polar surface area (TPSA) is 78.6 Å². The Labute approximate surface area is 165 Å². The molecule has 0 spiro atoms. The molecule has 4 aromatic rings. The van der Waals surface area contributed by atoms with Crippen molar-refractivity contribution in [3.05, 3.63) is 89.0 Å². The lowest BCUT2D eigenvalue weighted by Crippen LogP contribution is -2.10. The Morgan fingerprint density at radius 1 is 0.893 bits per heavy atom. The molecule has 4 heteroatoms. The van der Waals surface area contributed by atoms with Gasteiger partial charge in [-0.15, -0.1) is 0 Å². The van der Waals surface area contributed by atoms with E-state index in [1.807, 2.05) is 18.2 Å². The molecule has 0 fully saturated rings. The predicted molar refractivity (Wildman–Crippen MR) is 116 cm³/mol. The Hall–Kier alpha value is -3.40. The summed E-state index contributed by atoms with van der Waals surface area (Å²) < 4.78 is 0. The van der Waals surface area contributed by atoms with Gasteiger partial charge in [0.2, 0.25) is 0 Å². The van der Waals surface area contributed by atoms with Crippen LogP contribution in [-0.2, 0) is 19.3 Å². The van der Waals surface area contributed by atoms with Crippen LogP contribution in [0.5, 0.6) is 0 Å². The summed E-state index contributed by atoms with van der Waals surface area (Å²) in [5.74, 6) is 0.893. The molecule has 1 aromatic heterocycles. The molecule has 140 valence electrons. The molecule has 0 radical (unpaired) electrons. The van der Waals surface area contributed by atoms with Gasteiger partial charge in [0, 0.05) is 11.1 Å². The molecule has 0 aliphatic rings. The lowest BCUT2D eigenvalue weighted by atomic mass is 10.0. The number of benzene rings is 3. The average molecular weight is 368 g/mol. The normalized spacial score (nSPS) is 11.0. The minimum atomic E-state index is 0.0618. The van der Waals surface area contributed by atoms with Gasteiger partial charge in [0.25, 0.3) is 0 Å². The van der Waals surface area contributed by atoms with Crippen molar-refractivity contribution in [2.75, 3.05) is 0 Å². The quantitative estimate of drug-likeness (QED) is 0.336. The summed E-state index contributed by atoms with van der Waals surface area (Å²) in [6, 6.07) is 23.1. The molecule has 0 atom stereocenters. The SMILES string of the molecule is CCc1ccc(CCc2ccc(-c3nc4ccc(C(=N)N)cc4[nH]3)cc2)cc1. The van der Waals surface area contributed by atoms with Gasteiger partial charge in [-0.25, -0.2) is 4.98 Å². The van der Waals surface area contributed by atoms with E-state index >= 15 is 0 Å². The summed E-state index contributed by atoms with van der Waals surface area (Å²) in [6.07, 6.45) is 3.15. The first-order chi connectivity index (χ1) is 13.6. The molecular formula is C24H24N4. The molecule has 4 N–H and O–H groups in total. The lowest BCUT2D eigenvalue weighted by molar-refractivity contribution is 0.957. The highest BCUT2D eigenvalue weighted by molar-refractivity contribution is 5.98. The van der Waals surface area contributed by atoms with E-state index in [4.69, 9.17) is 11.1 Å². The number of aryl methyl sites for hydroxylation is 3. The highest BCUT2D eigenvalue weighted by atomic mass is 14.9. The fourth-order valence-corrected chi connectivity index (χ4v) is 3.37. The number of amidine groups is 1. The van der Waals surface area contributed by atoms with Gasteiger partial charge in [-0.1, -0.05) is 55.5 Å². The third kappa shape index (κ3) is 3.81. The fourth-order valence-electron chi connectivity index (χ4n) is 3.37. The van der Waals surface area contributed by atoms with E-state index in [1.165, 1.54) is 16.7 Å². The Balaban J connectivity index is 1.47. The van der Waals surface area contributed by atoms with Crippen LogP contribution in [0.25, 0.3) is 22.4 Å². The molecule has 4 nitrogen and oxygen atoms in total. The molecule has 0 bridgehead atoms. The maximum atomic E-state index is 7.57. The van der Waals surface area contributed by atoms with Gasteiger partial charge >= 0.3 is 0 Å². The minimum Gasteiger partial charge on any atom is -0.384 e. The van der Waals surface area contributed by atoms with Gasteiger partial charge in [-0.3, -0.25) is 5.41 Å². The monoisotopic (exact) mass is 368 g/mol. The van der Waals surface area contributed by atoms with Crippen molar-refractivity contribution < 1.29 is 0 Å². The number of nitrogen functional groups attached to an aromatic ring is 1. The summed E-state index contributed by atoms with van der Waals surface area (Å²) in [6.45, 7) is 2.18. The number of imidazole rings is 1. The molecule has 0 saturated carbocycles. The van der Waals surface area contributed by atoms with Crippen LogP contribution >= 0.6 is 0 Å². The van der Waals surface area contributed by atoms with Crippen LogP contribution in [0.1, 0.15) is 29.2 Å². The maximum Gasteiger partial charge on any atom is 0.138 e. The van der Waals surface area contributed by atoms with E-state index in [2.05, 4.69) is 65.4 Å². The van der Waals surface area contributed by atoms with E-state index < -0.39 is 0 Å². The number of fused-ring (bicyclic) bond motifs is 1. The second-order valence-electron chi connectivity index (χ2n) is 7.10. The predicted octanol–water partition coefficient (Wildman–Crippen LogP) is 4.86. The third-order valence-corrected chi connectivity index (χ3v) is 5.15. The summed E-state index contributed by atoms with van der Waals surface area (Å²) in [4.78, 5) is 7.99. The molecule has 0 aliphatic carbocycles. The van der Waals surface area contributed by atoms with E-state index in [-0.39, 0.29) is 5.84 Å². The number of nitrogens with one attached hydrogen (secondary N) is 2. The zero-order valence-corrected chi connectivity index (χ0v) is 16.0. The van der Waals surface area contributed by atoms with Crippen LogP contribution < -0.4 is 5.73 Å². The standard InChI is InChI=1S/C24H24N4/c1-2-16-3-5-17(6-4-16)7-8-18-9-11-19(12-10-18)24-27-21-14-13-20(23(25)26)15-22(21)28-24/h3-6,9-15H,2,7-8H2,1H3,(H3,25,26)(H,27,28). The Morgan fingerprint density at radius 2 is 1.50 bits per heavy atom. The maximum absolute atomic E-state index is 7.57. The minimum absolute atomic E-state index is 0.0618. The molecule has 0 amide bonds. The van der Waals surface area contributed by atoms with E-state index in [0.29, 0.717) is 5.56 Å². The number of nitrogens with zero attached hydrogens (tertiary/aromatic N) is 1. The zero-order valence-electron chi connectivity index (χ0n) is 16.0. The summed E-state index contributed by atoms with van der Waals surface area (Å²) >= 11 is 0. The molecule has 28 heavy (non-hydrogen) atoms. The summed E-state index contributed by atoms with van der Waals surface area (Å²) in [5.41, 5.74) is 13.2. The van der Waals surface area contributed by atoms with Crippen LogP contribution in [0.4, 0.5) is 0 Å². The Bertz CT molecular complexity index is 1110. The van der Waals surface area contributed by atoms with Crippen molar-refractivity contribution in [2.24, 2.45) is 5.73 Å². The first kappa shape index (κ1) is 18.0. The van der Waals surface area contributed by atoms with E-state index in [9.17, 15) is 0 Å². The van der Waals surface area contributed by atoms with Crippen LogP contribution in [-0.4, -0.2) is 15.8 Å². The number of aromatic nitrogens is 2. The molecule has 0 aliphatic heterocycles. The Kier molecular flexibility index (Phi) is 4.94. The Morgan fingerprint density at radius 3 is 2.11 bits per heavy atom. The number of H-pyrrole nitrogens is 1. The van der Waals surface area contributed by atoms with Crippen molar-refractivity contribution in [3.8, 4) is 11.4 Å². The molecule has 1 heterocycles. The van der Waals surface area contributed by atoms with Crippen LogP contribution in [0.15, 0.2) is 66.7 Å². The number of nitrogens with two attached hydrogens (primary N) is 1. The van der Waals surface area contributed by atoms with Gasteiger partial charge < -0.3 is 10.7 Å². The third-order valence-electron chi connectivity index (χ3n) is 5.15. The second-order valence-corrected chi connectivity index (χ2v) is 7.10. The first-order valence-electron chi connectivity index (χ1n) is 9.63. The van der Waals surface area contributed by atoms with E-state index in [1.54, 1.807) is 0 Å². The van der Waals surface area contributed by atoms with Gasteiger partial charge in [0.1, 0.15) is 11.7 Å². The van der Waals surface area contributed by atoms with Gasteiger partial charge in [0.15, 0.2) is 0 Å². The largest absolute Gasteiger partial charge is 0.384 e. The van der Waals surface area contributed by atoms with Gasteiger partial charge in [-0.2, -0.15) is 0 Å². The number of rotatable bonds is 6. The van der Waals surface area contributed by atoms with Gasteiger partial charge in [-0.05, 0) is 54.2 Å².